The Labute approximate surface area is 110 Å². The molecule has 17 heavy (non-hydrogen) atoms. The predicted molar refractivity (Wildman–Crippen MR) is 78.7 cm³/mol. The normalized spacial score (nSPS) is 12.9. The maximum atomic E-state index is 3.63. The highest BCUT2D eigenvalue weighted by Crippen LogP contribution is 2.16. The van der Waals surface area contributed by atoms with Crippen molar-refractivity contribution < 1.29 is 0 Å². The number of benzene rings is 1. The summed E-state index contributed by atoms with van der Waals surface area (Å²) in [6.07, 6.45) is 2.55. The Morgan fingerprint density at radius 1 is 1.12 bits per heavy atom. The van der Waals surface area contributed by atoms with Crippen molar-refractivity contribution in [3.63, 3.8) is 0 Å². The molecule has 1 nitrogen and oxygen atoms in total. The van der Waals surface area contributed by atoms with Crippen molar-refractivity contribution in [2.45, 2.75) is 44.6 Å². The molecule has 0 saturated heterocycles. The van der Waals surface area contributed by atoms with Crippen molar-refractivity contribution in [1.29, 1.82) is 0 Å². The van der Waals surface area contributed by atoms with Gasteiger partial charge in [0.1, 0.15) is 0 Å². The van der Waals surface area contributed by atoms with Crippen LogP contribution in [0.4, 0.5) is 0 Å². The molecule has 0 aliphatic rings. The maximum absolute atomic E-state index is 3.63. The van der Waals surface area contributed by atoms with Crippen LogP contribution < -0.4 is 5.32 Å². The Kier molecular flexibility index (Phi) is 7.38. The first-order valence-electron chi connectivity index (χ1n) is 6.69. The first kappa shape index (κ1) is 14.6. The predicted octanol–water partition coefficient (Wildman–Crippen LogP) is 4.19. The molecular formula is C15H25NS. The minimum atomic E-state index is 0.640. The van der Waals surface area contributed by atoms with Gasteiger partial charge in [-0.15, -0.1) is 11.8 Å². The van der Waals surface area contributed by atoms with E-state index >= 15 is 0 Å². The van der Waals surface area contributed by atoms with Crippen molar-refractivity contribution in [1.82, 2.24) is 5.32 Å². The number of thioether (sulfide) groups is 1. The Hall–Kier alpha value is -0.470. The molecule has 0 fully saturated rings. The van der Waals surface area contributed by atoms with Gasteiger partial charge in [0.05, 0.1) is 0 Å². The van der Waals surface area contributed by atoms with E-state index in [0.717, 1.165) is 18.2 Å². The van der Waals surface area contributed by atoms with Gasteiger partial charge in [0.15, 0.2) is 0 Å². The third-order valence-corrected chi connectivity index (χ3v) is 4.35. The van der Waals surface area contributed by atoms with Crippen LogP contribution in [-0.4, -0.2) is 18.3 Å². The minimum absolute atomic E-state index is 0.640. The first-order valence-corrected chi connectivity index (χ1v) is 7.67. The third kappa shape index (κ3) is 5.60. The molecule has 0 aromatic heterocycles. The van der Waals surface area contributed by atoms with Crippen LogP contribution in [0.5, 0.6) is 0 Å². The molecule has 96 valence electrons. The smallest absolute Gasteiger partial charge is 0.0106 e. The van der Waals surface area contributed by atoms with Crippen molar-refractivity contribution >= 4 is 11.8 Å². The van der Waals surface area contributed by atoms with Gasteiger partial charge < -0.3 is 5.32 Å². The fourth-order valence-corrected chi connectivity index (χ4v) is 2.94. The highest BCUT2D eigenvalue weighted by atomic mass is 32.2. The van der Waals surface area contributed by atoms with Gasteiger partial charge >= 0.3 is 0 Å². The summed E-state index contributed by atoms with van der Waals surface area (Å²) in [5.41, 5.74) is 0. The molecule has 2 heteroatoms. The van der Waals surface area contributed by atoms with Crippen molar-refractivity contribution in [2.24, 2.45) is 5.92 Å². The number of rotatable bonds is 8. The van der Waals surface area contributed by atoms with Crippen LogP contribution in [0.15, 0.2) is 35.2 Å². The fourth-order valence-electron chi connectivity index (χ4n) is 2.13. The molecular weight excluding hydrogens is 226 g/mol. The summed E-state index contributed by atoms with van der Waals surface area (Å²) in [6.45, 7) is 7.97. The largest absolute Gasteiger partial charge is 0.313 e. The highest BCUT2D eigenvalue weighted by Gasteiger charge is 2.11. The number of hydrogen-bond acceptors (Lipinski definition) is 2. The SMILES string of the molecule is CCC(CC)C(C)NCCSc1ccccc1. The summed E-state index contributed by atoms with van der Waals surface area (Å²) in [6, 6.07) is 11.3. The van der Waals surface area contributed by atoms with Gasteiger partial charge in [-0.05, 0) is 25.0 Å². The molecule has 0 saturated carbocycles. The molecule has 0 aliphatic heterocycles. The quantitative estimate of drug-likeness (QED) is 0.549. The third-order valence-electron chi connectivity index (χ3n) is 3.34. The lowest BCUT2D eigenvalue weighted by atomic mass is 9.96. The lowest BCUT2D eigenvalue weighted by molar-refractivity contribution is 0.361. The minimum Gasteiger partial charge on any atom is -0.313 e. The van der Waals surface area contributed by atoms with E-state index in [-0.39, 0.29) is 0 Å². The van der Waals surface area contributed by atoms with Crippen LogP contribution in [0.2, 0.25) is 0 Å². The summed E-state index contributed by atoms with van der Waals surface area (Å²) >= 11 is 1.93. The second-order valence-electron chi connectivity index (χ2n) is 4.48. The van der Waals surface area contributed by atoms with E-state index in [4.69, 9.17) is 0 Å². The molecule has 0 amide bonds. The molecule has 0 aliphatic carbocycles. The molecule has 0 heterocycles. The van der Waals surface area contributed by atoms with Gasteiger partial charge in [0.25, 0.3) is 0 Å². The molecule has 1 rings (SSSR count). The second-order valence-corrected chi connectivity index (χ2v) is 5.65. The zero-order valence-corrected chi connectivity index (χ0v) is 12.1. The summed E-state index contributed by atoms with van der Waals surface area (Å²) < 4.78 is 0. The van der Waals surface area contributed by atoms with Crippen LogP contribution in [0.1, 0.15) is 33.6 Å². The molecule has 1 aromatic rings. The summed E-state index contributed by atoms with van der Waals surface area (Å²) in [5.74, 6) is 1.96. The van der Waals surface area contributed by atoms with Gasteiger partial charge in [-0.3, -0.25) is 0 Å². The van der Waals surface area contributed by atoms with Crippen LogP contribution in [0, 0.1) is 5.92 Å². The van der Waals surface area contributed by atoms with Crippen molar-refractivity contribution in [3.05, 3.63) is 30.3 Å². The second kappa shape index (κ2) is 8.60. The van der Waals surface area contributed by atoms with Crippen LogP contribution in [0.3, 0.4) is 0 Å². The molecule has 1 N–H and O–H groups in total. The van der Waals surface area contributed by atoms with Gasteiger partial charge in [-0.25, -0.2) is 0 Å². The summed E-state index contributed by atoms with van der Waals surface area (Å²) in [5, 5.41) is 3.63. The zero-order valence-electron chi connectivity index (χ0n) is 11.3. The molecule has 0 spiro atoms. The fraction of sp³-hybridized carbons (Fsp3) is 0.600. The van der Waals surface area contributed by atoms with E-state index in [1.807, 2.05) is 11.8 Å². The van der Waals surface area contributed by atoms with Gasteiger partial charge in [0, 0.05) is 23.2 Å². The van der Waals surface area contributed by atoms with Gasteiger partial charge in [0.2, 0.25) is 0 Å². The Bertz CT molecular complexity index is 282. The van der Waals surface area contributed by atoms with Gasteiger partial charge in [-0.2, -0.15) is 0 Å². The first-order chi connectivity index (χ1) is 8.27. The highest BCUT2D eigenvalue weighted by molar-refractivity contribution is 7.99. The molecule has 1 atom stereocenters. The van der Waals surface area contributed by atoms with Gasteiger partial charge in [-0.1, -0.05) is 44.9 Å². The number of nitrogens with one attached hydrogen (secondary N) is 1. The van der Waals surface area contributed by atoms with Crippen LogP contribution >= 0.6 is 11.8 Å². The number of hydrogen-bond donors (Lipinski definition) is 1. The standard InChI is InChI=1S/C15H25NS/c1-4-14(5-2)13(3)16-11-12-17-15-9-7-6-8-10-15/h6-10,13-14,16H,4-5,11-12H2,1-3H3. The summed E-state index contributed by atoms with van der Waals surface area (Å²) in [4.78, 5) is 1.37. The van der Waals surface area contributed by atoms with E-state index in [2.05, 4.69) is 56.4 Å². The van der Waals surface area contributed by atoms with E-state index in [0.29, 0.717) is 6.04 Å². The van der Waals surface area contributed by atoms with E-state index in [9.17, 15) is 0 Å². The van der Waals surface area contributed by atoms with E-state index < -0.39 is 0 Å². The van der Waals surface area contributed by atoms with Crippen LogP contribution in [-0.2, 0) is 0 Å². The molecule has 0 bridgehead atoms. The average Bonchev–Trinajstić information content (AvgIpc) is 2.37. The van der Waals surface area contributed by atoms with Crippen molar-refractivity contribution in [2.75, 3.05) is 12.3 Å². The van der Waals surface area contributed by atoms with Crippen LogP contribution in [0.25, 0.3) is 0 Å². The lowest BCUT2D eigenvalue weighted by Gasteiger charge is -2.22. The molecule has 0 radical (unpaired) electrons. The summed E-state index contributed by atoms with van der Waals surface area (Å²) in [7, 11) is 0. The Morgan fingerprint density at radius 3 is 2.35 bits per heavy atom. The maximum Gasteiger partial charge on any atom is 0.0106 e. The van der Waals surface area contributed by atoms with Crippen molar-refractivity contribution in [3.8, 4) is 0 Å². The van der Waals surface area contributed by atoms with E-state index in [1.165, 1.54) is 17.7 Å². The molecule has 1 aromatic carbocycles. The average molecular weight is 251 g/mol. The monoisotopic (exact) mass is 251 g/mol. The molecule has 1 unspecified atom stereocenters. The lowest BCUT2D eigenvalue weighted by Crippen LogP contribution is -2.34. The topological polar surface area (TPSA) is 12.0 Å². The zero-order chi connectivity index (χ0) is 12.5. The van der Waals surface area contributed by atoms with E-state index in [1.54, 1.807) is 0 Å². The Balaban J connectivity index is 2.16. The Morgan fingerprint density at radius 2 is 1.76 bits per heavy atom.